The zero-order valence-corrected chi connectivity index (χ0v) is 13.8. The van der Waals surface area contributed by atoms with E-state index in [4.69, 9.17) is 5.73 Å². The van der Waals surface area contributed by atoms with Crippen LogP contribution in [0.25, 0.3) is 0 Å². The van der Waals surface area contributed by atoms with Gasteiger partial charge in [-0.05, 0) is 42.4 Å². The summed E-state index contributed by atoms with van der Waals surface area (Å²) < 4.78 is 0. The SMILES string of the molecule is Br.NC1(O)C2=C(C=CC1c1ccccc1)CCCCC2.O. The lowest BCUT2D eigenvalue weighted by Crippen LogP contribution is -2.48. The maximum Gasteiger partial charge on any atom is 0.146 e. The van der Waals surface area contributed by atoms with Crippen molar-refractivity contribution in [1.29, 1.82) is 0 Å². The van der Waals surface area contributed by atoms with Crippen molar-refractivity contribution in [2.24, 2.45) is 5.73 Å². The van der Waals surface area contributed by atoms with Crippen molar-refractivity contribution in [3.8, 4) is 0 Å². The highest BCUT2D eigenvalue weighted by molar-refractivity contribution is 8.93. The molecule has 3 nitrogen and oxygen atoms in total. The number of allylic oxidation sites excluding steroid dienone is 2. The highest BCUT2D eigenvalue weighted by atomic mass is 79.9. The second-order valence-corrected chi connectivity index (χ2v) is 5.64. The van der Waals surface area contributed by atoms with Gasteiger partial charge in [-0.25, -0.2) is 0 Å². The molecule has 3 rings (SSSR count). The molecule has 0 amide bonds. The highest BCUT2D eigenvalue weighted by Crippen LogP contribution is 2.41. The highest BCUT2D eigenvalue weighted by Gasteiger charge is 2.39. The Hall–Kier alpha value is -0.940. The normalized spacial score (nSPS) is 28.0. The maximum absolute atomic E-state index is 10.9. The van der Waals surface area contributed by atoms with Crippen LogP contribution < -0.4 is 5.73 Å². The van der Waals surface area contributed by atoms with Gasteiger partial charge in [-0.1, -0.05) is 48.9 Å². The molecule has 1 aromatic carbocycles. The summed E-state index contributed by atoms with van der Waals surface area (Å²) in [5, 5.41) is 10.9. The molecule has 0 aromatic heterocycles. The quantitative estimate of drug-likeness (QED) is 0.761. The molecule has 2 unspecified atom stereocenters. The van der Waals surface area contributed by atoms with E-state index in [0.717, 1.165) is 30.4 Å². The molecule has 0 saturated carbocycles. The van der Waals surface area contributed by atoms with Crippen molar-refractivity contribution in [2.75, 3.05) is 0 Å². The molecule has 116 valence electrons. The fraction of sp³-hybridized carbons (Fsp3) is 0.412. The molecule has 21 heavy (non-hydrogen) atoms. The van der Waals surface area contributed by atoms with Gasteiger partial charge in [-0.3, -0.25) is 5.73 Å². The Morgan fingerprint density at radius 3 is 2.43 bits per heavy atom. The monoisotopic (exact) mass is 353 g/mol. The number of aliphatic hydroxyl groups is 1. The van der Waals surface area contributed by atoms with Gasteiger partial charge in [0.05, 0.1) is 0 Å². The van der Waals surface area contributed by atoms with Crippen molar-refractivity contribution < 1.29 is 10.6 Å². The molecule has 2 aliphatic rings. The largest absolute Gasteiger partial charge is 0.412 e. The summed E-state index contributed by atoms with van der Waals surface area (Å²) in [5.41, 5.74) is 8.50. The lowest BCUT2D eigenvalue weighted by molar-refractivity contribution is 0.0637. The number of halogens is 1. The van der Waals surface area contributed by atoms with Crippen LogP contribution in [0.3, 0.4) is 0 Å². The van der Waals surface area contributed by atoms with Gasteiger partial charge in [0.2, 0.25) is 0 Å². The molecule has 4 heteroatoms. The standard InChI is InChI=1S/C17H21NO.BrH.H2O/c18-17(19)15-10-6-2-5-9-14(15)11-12-16(17)13-7-3-1-4-8-13;;/h1,3-4,7-8,11-12,16,19H,2,5-6,9-10,18H2;1H;1H2. The van der Waals surface area contributed by atoms with Crippen LogP contribution in [0.1, 0.15) is 43.6 Å². The Kier molecular flexibility index (Phi) is 6.35. The minimum atomic E-state index is -1.23. The first-order valence-corrected chi connectivity index (χ1v) is 7.16. The maximum atomic E-state index is 10.9. The third kappa shape index (κ3) is 3.46. The van der Waals surface area contributed by atoms with Crippen LogP contribution in [-0.4, -0.2) is 16.3 Å². The minimum absolute atomic E-state index is 0. The van der Waals surface area contributed by atoms with Crippen LogP contribution in [0, 0.1) is 0 Å². The first-order valence-electron chi connectivity index (χ1n) is 7.16. The van der Waals surface area contributed by atoms with Gasteiger partial charge in [0.1, 0.15) is 5.72 Å². The second kappa shape index (κ2) is 7.36. The average molecular weight is 354 g/mol. The molecule has 1 aromatic rings. The topological polar surface area (TPSA) is 77.8 Å². The third-order valence-corrected chi connectivity index (χ3v) is 4.37. The van der Waals surface area contributed by atoms with E-state index in [1.807, 2.05) is 30.3 Å². The first-order chi connectivity index (χ1) is 9.19. The molecule has 2 aliphatic carbocycles. The number of hydrogen-bond donors (Lipinski definition) is 2. The van der Waals surface area contributed by atoms with E-state index in [1.165, 1.54) is 18.4 Å². The fourth-order valence-corrected chi connectivity index (χ4v) is 3.32. The number of hydrogen-bond acceptors (Lipinski definition) is 2. The van der Waals surface area contributed by atoms with E-state index >= 15 is 0 Å². The van der Waals surface area contributed by atoms with Crippen LogP contribution in [0.15, 0.2) is 53.6 Å². The van der Waals surface area contributed by atoms with Gasteiger partial charge in [0.25, 0.3) is 0 Å². The van der Waals surface area contributed by atoms with Crippen LogP contribution >= 0.6 is 17.0 Å². The smallest absolute Gasteiger partial charge is 0.146 e. The molecule has 0 aliphatic heterocycles. The number of rotatable bonds is 1. The summed E-state index contributed by atoms with van der Waals surface area (Å²) in [6.45, 7) is 0. The fourth-order valence-electron chi connectivity index (χ4n) is 3.32. The van der Waals surface area contributed by atoms with E-state index in [9.17, 15) is 5.11 Å². The molecule has 0 spiro atoms. The van der Waals surface area contributed by atoms with Crippen LogP contribution in [0.4, 0.5) is 0 Å². The van der Waals surface area contributed by atoms with Gasteiger partial charge in [0, 0.05) is 5.92 Å². The second-order valence-electron chi connectivity index (χ2n) is 5.64. The summed E-state index contributed by atoms with van der Waals surface area (Å²) in [5.74, 6) is -0.134. The van der Waals surface area contributed by atoms with E-state index in [0.29, 0.717) is 0 Å². The Balaban J connectivity index is 0.00000110. The van der Waals surface area contributed by atoms with E-state index in [-0.39, 0.29) is 28.4 Å². The lowest BCUT2D eigenvalue weighted by Gasteiger charge is -2.37. The predicted molar refractivity (Wildman–Crippen MR) is 91.5 cm³/mol. The van der Waals surface area contributed by atoms with Crippen molar-refractivity contribution in [2.45, 2.75) is 43.7 Å². The molecule has 0 heterocycles. The van der Waals surface area contributed by atoms with Crippen LogP contribution in [0.2, 0.25) is 0 Å². The Morgan fingerprint density at radius 1 is 1.05 bits per heavy atom. The third-order valence-electron chi connectivity index (χ3n) is 4.37. The van der Waals surface area contributed by atoms with Crippen molar-refractivity contribution >= 4 is 17.0 Å². The average Bonchev–Trinajstić information content (AvgIpc) is 2.66. The lowest BCUT2D eigenvalue weighted by atomic mass is 9.76. The molecular formula is C17H24BrNO2. The molecule has 0 saturated heterocycles. The van der Waals surface area contributed by atoms with Crippen LogP contribution in [0.5, 0.6) is 0 Å². The Morgan fingerprint density at radius 2 is 1.71 bits per heavy atom. The Labute approximate surface area is 136 Å². The number of nitrogens with two attached hydrogens (primary N) is 1. The van der Waals surface area contributed by atoms with E-state index < -0.39 is 5.72 Å². The predicted octanol–water partition coefficient (Wildman–Crippen LogP) is 3.00. The summed E-state index contributed by atoms with van der Waals surface area (Å²) in [4.78, 5) is 0. The first kappa shape index (κ1) is 18.1. The summed E-state index contributed by atoms with van der Waals surface area (Å²) in [6, 6.07) is 10.1. The van der Waals surface area contributed by atoms with Crippen molar-refractivity contribution in [1.82, 2.24) is 0 Å². The molecule has 0 radical (unpaired) electrons. The van der Waals surface area contributed by atoms with Crippen molar-refractivity contribution in [3.05, 3.63) is 59.2 Å². The van der Waals surface area contributed by atoms with Gasteiger partial charge in [0.15, 0.2) is 0 Å². The zero-order chi connectivity index (χ0) is 13.3. The molecule has 5 N–H and O–H groups in total. The van der Waals surface area contributed by atoms with E-state index in [2.05, 4.69) is 12.2 Å². The molecular weight excluding hydrogens is 330 g/mol. The summed E-state index contributed by atoms with van der Waals surface area (Å²) in [7, 11) is 0. The van der Waals surface area contributed by atoms with Crippen LogP contribution in [-0.2, 0) is 0 Å². The van der Waals surface area contributed by atoms with Gasteiger partial charge in [-0.2, -0.15) is 0 Å². The zero-order valence-electron chi connectivity index (χ0n) is 12.1. The minimum Gasteiger partial charge on any atom is -0.412 e. The van der Waals surface area contributed by atoms with Gasteiger partial charge in [-0.15, -0.1) is 17.0 Å². The van der Waals surface area contributed by atoms with E-state index in [1.54, 1.807) is 0 Å². The summed E-state index contributed by atoms with van der Waals surface area (Å²) >= 11 is 0. The Bertz CT molecular complexity index is 523. The van der Waals surface area contributed by atoms with Gasteiger partial charge < -0.3 is 10.6 Å². The van der Waals surface area contributed by atoms with Gasteiger partial charge >= 0.3 is 0 Å². The number of benzene rings is 1. The molecule has 0 bridgehead atoms. The van der Waals surface area contributed by atoms with Crippen molar-refractivity contribution in [3.63, 3.8) is 0 Å². The molecule has 2 atom stereocenters. The molecule has 0 fully saturated rings. The summed E-state index contributed by atoms with van der Waals surface area (Å²) in [6.07, 6.45) is 9.79.